The van der Waals surface area contributed by atoms with Gasteiger partial charge in [0, 0.05) is 17.6 Å². The van der Waals surface area contributed by atoms with Crippen molar-refractivity contribution in [3.63, 3.8) is 0 Å². The molecule has 34 heavy (non-hydrogen) atoms. The molecule has 0 aliphatic carbocycles. The Hall–Kier alpha value is -4.24. The lowest BCUT2D eigenvalue weighted by atomic mass is 9.88. The quantitative estimate of drug-likeness (QED) is 0.432. The smallest absolute Gasteiger partial charge is 0.342 e. The number of aliphatic hydroxyl groups is 1. The number of rotatable bonds is 6. The number of ether oxygens (including phenoxy) is 3. The highest BCUT2D eigenvalue weighted by Crippen LogP contribution is 2.45. The number of hydrogen-bond acceptors (Lipinski definition) is 8. The van der Waals surface area contributed by atoms with Crippen LogP contribution in [-0.4, -0.2) is 35.6 Å². The molecule has 5 rings (SSSR count). The third-order valence-corrected chi connectivity index (χ3v) is 5.78. The number of methoxy groups -OCH3 is 2. The van der Waals surface area contributed by atoms with Crippen LogP contribution in [0.1, 0.15) is 16.7 Å². The Labute approximate surface area is 193 Å². The van der Waals surface area contributed by atoms with Crippen LogP contribution in [0.5, 0.6) is 11.5 Å². The summed E-state index contributed by atoms with van der Waals surface area (Å²) in [4.78, 5) is 13.1. The maximum Gasteiger partial charge on any atom is 0.342 e. The molecule has 1 aromatic heterocycles. The van der Waals surface area contributed by atoms with Crippen molar-refractivity contribution in [3.05, 3.63) is 88.7 Å². The number of aromatic nitrogens is 2. The Morgan fingerprint density at radius 1 is 0.971 bits per heavy atom. The van der Waals surface area contributed by atoms with Crippen molar-refractivity contribution in [3.8, 4) is 11.5 Å². The molecule has 1 N–H and O–H groups in total. The average molecular weight is 462 g/mol. The minimum atomic E-state index is -2.08. The molecule has 0 radical (unpaired) electrons. The molecule has 172 valence electrons. The molecule has 1 atom stereocenters. The van der Waals surface area contributed by atoms with Gasteiger partial charge in [-0.25, -0.2) is 13.8 Å². The topological polar surface area (TPSA) is 104 Å². The molecule has 0 saturated heterocycles. The Balaban J connectivity index is 1.68. The van der Waals surface area contributed by atoms with E-state index in [2.05, 4.69) is 10.3 Å². The zero-order valence-corrected chi connectivity index (χ0v) is 18.2. The molecule has 1 aliphatic rings. The van der Waals surface area contributed by atoms with Gasteiger partial charge in [-0.3, -0.25) is 0 Å². The maximum absolute atomic E-state index is 14.4. The summed E-state index contributed by atoms with van der Waals surface area (Å²) in [5, 5.41) is 19.3. The molecule has 9 heteroatoms. The lowest BCUT2D eigenvalue weighted by molar-refractivity contribution is -0.185. The molecule has 0 spiro atoms. The number of fused-ring (bicyclic) bond motifs is 1. The van der Waals surface area contributed by atoms with E-state index in [0.29, 0.717) is 33.5 Å². The molecule has 0 saturated carbocycles. The second kappa shape index (κ2) is 8.27. The molecule has 1 unspecified atom stereocenters. The second-order valence-corrected chi connectivity index (χ2v) is 7.73. The van der Waals surface area contributed by atoms with E-state index < -0.39 is 17.6 Å². The number of carbonyl (C=O) groups is 1. The first-order valence-electron chi connectivity index (χ1n) is 10.3. The summed E-state index contributed by atoms with van der Waals surface area (Å²) in [7, 11) is 2.90. The van der Waals surface area contributed by atoms with Gasteiger partial charge in [-0.1, -0.05) is 12.1 Å². The van der Waals surface area contributed by atoms with E-state index in [-0.39, 0.29) is 23.3 Å². The summed E-state index contributed by atoms with van der Waals surface area (Å²) in [6.07, 6.45) is 0.0274. The first-order valence-corrected chi connectivity index (χ1v) is 10.3. The molecule has 4 aromatic rings. The third-order valence-electron chi connectivity index (χ3n) is 5.78. The van der Waals surface area contributed by atoms with Crippen LogP contribution in [0, 0.1) is 5.82 Å². The van der Waals surface area contributed by atoms with E-state index >= 15 is 0 Å². The second-order valence-electron chi connectivity index (χ2n) is 7.73. The maximum atomic E-state index is 14.4. The van der Waals surface area contributed by atoms with E-state index in [1.807, 2.05) is 0 Å². The van der Waals surface area contributed by atoms with Gasteiger partial charge in [0.1, 0.15) is 16.8 Å². The lowest BCUT2D eigenvalue weighted by Crippen LogP contribution is -2.29. The molecule has 0 amide bonds. The van der Waals surface area contributed by atoms with Gasteiger partial charge >= 0.3 is 5.97 Å². The summed E-state index contributed by atoms with van der Waals surface area (Å²) in [5.74, 6) is -2.70. The average Bonchev–Trinajstić information content (AvgIpc) is 3.41. The van der Waals surface area contributed by atoms with Crippen molar-refractivity contribution in [2.75, 3.05) is 14.2 Å². The fourth-order valence-electron chi connectivity index (χ4n) is 4.05. The van der Waals surface area contributed by atoms with E-state index in [9.17, 15) is 14.3 Å². The largest absolute Gasteiger partial charge is 0.497 e. The van der Waals surface area contributed by atoms with E-state index in [1.165, 1.54) is 26.4 Å². The van der Waals surface area contributed by atoms with Crippen molar-refractivity contribution in [1.82, 2.24) is 10.3 Å². The van der Waals surface area contributed by atoms with Gasteiger partial charge in [-0.15, -0.1) is 0 Å². The predicted molar refractivity (Wildman–Crippen MR) is 118 cm³/mol. The number of cyclic esters (lactones) is 1. The summed E-state index contributed by atoms with van der Waals surface area (Å²) in [5.41, 5.74) is 2.65. The highest BCUT2D eigenvalue weighted by Gasteiger charge is 2.48. The van der Waals surface area contributed by atoms with Crippen LogP contribution >= 0.6 is 0 Å². The van der Waals surface area contributed by atoms with Crippen molar-refractivity contribution < 1.29 is 33.1 Å². The zero-order chi connectivity index (χ0) is 23.9. The van der Waals surface area contributed by atoms with E-state index in [1.54, 1.807) is 48.5 Å². The number of carbonyl (C=O) groups excluding carboxylic acids is 1. The lowest BCUT2D eigenvalue weighted by Gasteiger charge is -2.26. The number of hydrogen-bond donors (Lipinski definition) is 1. The van der Waals surface area contributed by atoms with Gasteiger partial charge in [0.05, 0.1) is 19.8 Å². The first kappa shape index (κ1) is 21.6. The number of esters is 1. The van der Waals surface area contributed by atoms with Gasteiger partial charge in [0.2, 0.25) is 0 Å². The summed E-state index contributed by atoms with van der Waals surface area (Å²) in [6.45, 7) is 0. The molecule has 3 aromatic carbocycles. The highest BCUT2D eigenvalue weighted by atomic mass is 19.1. The van der Waals surface area contributed by atoms with Gasteiger partial charge in [0.15, 0.2) is 11.6 Å². The summed E-state index contributed by atoms with van der Waals surface area (Å²) >= 11 is 0. The Morgan fingerprint density at radius 2 is 1.74 bits per heavy atom. The van der Waals surface area contributed by atoms with E-state index in [4.69, 9.17) is 18.8 Å². The van der Waals surface area contributed by atoms with Crippen LogP contribution in [0.4, 0.5) is 4.39 Å². The molecule has 8 nitrogen and oxygen atoms in total. The van der Waals surface area contributed by atoms with Gasteiger partial charge < -0.3 is 19.3 Å². The number of nitrogens with zero attached hydrogens (tertiary/aromatic N) is 2. The molecule has 1 aliphatic heterocycles. The normalized spacial score (nSPS) is 17.8. The fourth-order valence-corrected chi connectivity index (χ4v) is 4.05. The highest BCUT2D eigenvalue weighted by molar-refractivity contribution is 6.20. The van der Waals surface area contributed by atoms with Crippen LogP contribution in [0.2, 0.25) is 0 Å². The molecule has 2 heterocycles. The number of benzene rings is 3. The molecule has 0 bridgehead atoms. The standard InChI is InChI=1S/C25H19FN2O6/c1-31-17-7-5-16(6-8-17)25(30)18(11-14-3-10-22(32-2)19(26)12-14)23(24(29)33-25)15-4-9-20-21(13-15)28-34-27-20/h3-10,12-13,30H,11H2,1-2H3. The monoisotopic (exact) mass is 462 g/mol. The molecular formula is C25H19FN2O6. The Morgan fingerprint density at radius 3 is 2.44 bits per heavy atom. The molecular weight excluding hydrogens is 443 g/mol. The van der Waals surface area contributed by atoms with Crippen LogP contribution in [0.15, 0.2) is 70.9 Å². The Kier molecular flexibility index (Phi) is 5.25. The number of halogens is 1. The van der Waals surface area contributed by atoms with Gasteiger partial charge in [-0.2, -0.15) is 0 Å². The predicted octanol–water partition coefficient (Wildman–Crippen LogP) is 3.78. The van der Waals surface area contributed by atoms with Crippen LogP contribution in [-0.2, 0) is 21.7 Å². The van der Waals surface area contributed by atoms with Crippen molar-refractivity contribution in [2.45, 2.75) is 12.2 Å². The van der Waals surface area contributed by atoms with Crippen molar-refractivity contribution in [1.29, 1.82) is 0 Å². The van der Waals surface area contributed by atoms with Crippen LogP contribution in [0.25, 0.3) is 16.6 Å². The summed E-state index contributed by atoms with van der Waals surface area (Å²) in [6, 6.07) is 15.9. The van der Waals surface area contributed by atoms with Gasteiger partial charge in [-0.05, 0) is 70.0 Å². The SMILES string of the molecule is COc1ccc(C2(O)OC(=O)C(c3ccc4nonc4c3)=C2Cc2ccc(OC)c(F)c2)cc1. The van der Waals surface area contributed by atoms with Gasteiger partial charge in [0.25, 0.3) is 5.79 Å². The first-order chi connectivity index (χ1) is 16.4. The molecule has 0 fully saturated rings. The third kappa shape index (κ3) is 3.56. The summed E-state index contributed by atoms with van der Waals surface area (Å²) < 4.78 is 34.9. The van der Waals surface area contributed by atoms with Crippen LogP contribution in [0.3, 0.4) is 0 Å². The Bertz CT molecular complexity index is 1430. The van der Waals surface area contributed by atoms with Crippen LogP contribution < -0.4 is 9.47 Å². The van der Waals surface area contributed by atoms with Crippen molar-refractivity contribution in [2.24, 2.45) is 0 Å². The minimum absolute atomic E-state index is 0.0274. The fraction of sp³-hybridized carbons (Fsp3) is 0.160. The zero-order valence-electron chi connectivity index (χ0n) is 18.2. The van der Waals surface area contributed by atoms with Crippen molar-refractivity contribution >= 4 is 22.6 Å². The van der Waals surface area contributed by atoms with E-state index in [0.717, 1.165) is 0 Å². The minimum Gasteiger partial charge on any atom is -0.497 e.